The van der Waals surface area contributed by atoms with E-state index in [2.05, 4.69) is 5.10 Å². The average Bonchev–Trinajstić information content (AvgIpc) is 2.68. The number of nitrogens with zero attached hydrogens (tertiary/aromatic N) is 2. The predicted octanol–water partition coefficient (Wildman–Crippen LogP) is 2.08. The minimum atomic E-state index is -0.849. The van der Waals surface area contributed by atoms with Crippen LogP contribution in [0.4, 0.5) is 0 Å². The van der Waals surface area contributed by atoms with Gasteiger partial charge in [0.1, 0.15) is 0 Å². The maximum atomic E-state index is 12.5. The number of benzene rings is 2. The van der Waals surface area contributed by atoms with Crippen molar-refractivity contribution in [1.29, 1.82) is 0 Å². The molecule has 0 amide bonds. The summed E-state index contributed by atoms with van der Waals surface area (Å²) in [6, 6.07) is 12.9. The third kappa shape index (κ3) is 3.89. The number of ketones is 1. The maximum absolute atomic E-state index is 12.5. The van der Waals surface area contributed by atoms with Gasteiger partial charge in [-0.2, -0.15) is 5.10 Å². The fourth-order valence-corrected chi connectivity index (χ4v) is 2.84. The van der Waals surface area contributed by atoms with E-state index in [1.807, 2.05) is 0 Å². The molecule has 1 N–H and O–H groups in total. The minimum Gasteiger partial charge on any atom is -0.452 e. The van der Waals surface area contributed by atoms with Crippen LogP contribution in [0.1, 0.15) is 20.8 Å². The number of carbonyl (C=O) groups excluding carboxylic acids is 2. The van der Waals surface area contributed by atoms with Gasteiger partial charge in [0.25, 0.3) is 5.56 Å². The van der Waals surface area contributed by atoms with Gasteiger partial charge in [-0.15, -0.1) is 0 Å². The molecule has 3 aromatic rings. The van der Waals surface area contributed by atoms with Gasteiger partial charge in [-0.05, 0) is 18.2 Å². The Morgan fingerprint density at radius 3 is 2.44 bits per heavy atom. The summed E-state index contributed by atoms with van der Waals surface area (Å²) in [7, 11) is 0. The Kier molecular flexibility index (Phi) is 5.63. The summed E-state index contributed by atoms with van der Waals surface area (Å²) in [5, 5.41) is 13.9. The zero-order valence-electron chi connectivity index (χ0n) is 14.1. The Morgan fingerprint density at radius 2 is 1.74 bits per heavy atom. The first-order valence-electron chi connectivity index (χ1n) is 8.08. The van der Waals surface area contributed by atoms with Gasteiger partial charge in [0.05, 0.1) is 23.6 Å². The molecule has 0 bridgehead atoms. The fourth-order valence-electron chi connectivity index (χ4n) is 2.60. The van der Waals surface area contributed by atoms with Crippen molar-refractivity contribution >= 4 is 34.1 Å². The van der Waals surface area contributed by atoms with E-state index >= 15 is 0 Å². The van der Waals surface area contributed by atoms with E-state index in [1.54, 1.807) is 42.5 Å². The molecule has 7 nitrogen and oxygen atoms in total. The highest BCUT2D eigenvalue weighted by Crippen LogP contribution is 2.17. The number of aliphatic hydroxyl groups excluding tert-OH is 1. The van der Waals surface area contributed by atoms with E-state index in [9.17, 15) is 14.4 Å². The fraction of sp³-hybridized carbons (Fsp3) is 0.158. The van der Waals surface area contributed by atoms with Gasteiger partial charge in [-0.3, -0.25) is 9.59 Å². The molecule has 0 saturated carbocycles. The Bertz CT molecular complexity index is 1080. The molecule has 0 spiro atoms. The van der Waals surface area contributed by atoms with Gasteiger partial charge in [-0.25, -0.2) is 9.48 Å². The molecule has 0 saturated heterocycles. The number of ether oxygens (including phenoxy) is 1. The van der Waals surface area contributed by atoms with Crippen LogP contribution in [0.2, 0.25) is 5.02 Å². The van der Waals surface area contributed by atoms with E-state index in [0.29, 0.717) is 5.39 Å². The molecule has 3 rings (SSSR count). The van der Waals surface area contributed by atoms with Crippen molar-refractivity contribution in [2.75, 3.05) is 13.2 Å². The third-order valence-electron chi connectivity index (χ3n) is 3.88. The Balaban J connectivity index is 1.89. The predicted molar refractivity (Wildman–Crippen MR) is 99.2 cm³/mol. The number of fused-ring (bicyclic) bond motifs is 1. The summed E-state index contributed by atoms with van der Waals surface area (Å²) >= 11 is 5.97. The lowest BCUT2D eigenvalue weighted by Gasteiger charge is -2.10. The molecule has 8 heteroatoms. The highest BCUT2D eigenvalue weighted by atomic mass is 35.5. The van der Waals surface area contributed by atoms with Gasteiger partial charge < -0.3 is 9.84 Å². The van der Waals surface area contributed by atoms with Gasteiger partial charge in [-0.1, -0.05) is 41.9 Å². The molecule has 138 valence electrons. The standard InChI is InChI=1S/C19H15ClN2O5/c20-15-8-4-3-7-14(15)16(24)11-27-19(26)17-12-5-1-2-6-13(12)18(25)22(21-17)9-10-23/h1-8,23H,9-11H2. The van der Waals surface area contributed by atoms with Crippen LogP contribution < -0.4 is 5.56 Å². The molecule has 2 aromatic carbocycles. The molecule has 27 heavy (non-hydrogen) atoms. The number of aliphatic hydroxyl groups is 1. The second-order valence-corrected chi connectivity index (χ2v) is 6.03. The molecule has 0 aliphatic heterocycles. The Labute approximate surface area is 158 Å². The van der Waals surface area contributed by atoms with Crippen LogP contribution in [0, 0.1) is 0 Å². The Hall–Kier alpha value is -3.03. The monoisotopic (exact) mass is 386 g/mol. The van der Waals surface area contributed by atoms with Crippen molar-refractivity contribution in [1.82, 2.24) is 9.78 Å². The molecular formula is C19H15ClN2O5. The SMILES string of the molecule is O=C(COC(=O)c1nn(CCO)c(=O)c2ccccc12)c1ccccc1Cl. The van der Waals surface area contributed by atoms with Crippen LogP contribution in [0.3, 0.4) is 0 Å². The first kappa shape index (κ1) is 18.8. The lowest BCUT2D eigenvalue weighted by Crippen LogP contribution is -2.28. The van der Waals surface area contributed by atoms with Crippen molar-refractivity contribution in [3.05, 3.63) is 75.2 Å². The molecule has 0 atom stereocenters. The lowest BCUT2D eigenvalue weighted by atomic mass is 10.1. The number of carbonyl (C=O) groups is 2. The molecule has 0 fully saturated rings. The highest BCUT2D eigenvalue weighted by Gasteiger charge is 2.20. The van der Waals surface area contributed by atoms with Crippen LogP contribution in [0.5, 0.6) is 0 Å². The van der Waals surface area contributed by atoms with Crippen molar-refractivity contribution in [3.8, 4) is 0 Å². The summed E-state index contributed by atoms with van der Waals surface area (Å²) in [6.07, 6.45) is 0. The van der Waals surface area contributed by atoms with Gasteiger partial charge in [0, 0.05) is 10.9 Å². The normalized spacial score (nSPS) is 10.7. The summed E-state index contributed by atoms with van der Waals surface area (Å²) in [6.45, 7) is -0.898. The van der Waals surface area contributed by atoms with Gasteiger partial charge in [0.15, 0.2) is 12.3 Å². The van der Waals surface area contributed by atoms with Crippen LogP contribution in [0.25, 0.3) is 10.8 Å². The number of esters is 1. The van der Waals surface area contributed by atoms with Gasteiger partial charge in [0.2, 0.25) is 5.78 Å². The number of rotatable bonds is 6. The van der Waals surface area contributed by atoms with Crippen LogP contribution >= 0.6 is 11.6 Å². The minimum absolute atomic E-state index is 0.0670. The van der Waals surface area contributed by atoms with E-state index < -0.39 is 23.9 Å². The number of hydrogen-bond acceptors (Lipinski definition) is 6. The zero-order chi connectivity index (χ0) is 19.4. The van der Waals surface area contributed by atoms with Crippen LogP contribution in [-0.4, -0.2) is 39.9 Å². The molecule has 1 heterocycles. The number of Topliss-reactive ketones (excluding diaryl/α,β-unsaturated/α-hetero) is 1. The average molecular weight is 387 g/mol. The quantitative estimate of drug-likeness (QED) is 0.514. The number of aromatic nitrogens is 2. The second kappa shape index (κ2) is 8.11. The molecule has 0 unspecified atom stereocenters. The zero-order valence-corrected chi connectivity index (χ0v) is 14.8. The van der Waals surface area contributed by atoms with Crippen molar-refractivity contribution in [3.63, 3.8) is 0 Å². The van der Waals surface area contributed by atoms with Crippen LogP contribution in [0.15, 0.2) is 53.3 Å². The molecular weight excluding hydrogens is 372 g/mol. The second-order valence-electron chi connectivity index (χ2n) is 5.63. The van der Waals surface area contributed by atoms with E-state index in [-0.39, 0.29) is 34.8 Å². The lowest BCUT2D eigenvalue weighted by molar-refractivity contribution is 0.0468. The smallest absolute Gasteiger partial charge is 0.359 e. The Morgan fingerprint density at radius 1 is 1.07 bits per heavy atom. The summed E-state index contributed by atoms with van der Waals surface area (Å²) in [4.78, 5) is 37.1. The summed E-state index contributed by atoms with van der Waals surface area (Å²) in [5.74, 6) is -1.31. The highest BCUT2D eigenvalue weighted by molar-refractivity contribution is 6.34. The van der Waals surface area contributed by atoms with E-state index in [0.717, 1.165) is 4.68 Å². The third-order valence-corrected chi connectivity index (χ3v) is 4.21. The summed E-state index contributed by atoms with van der Waals surface area (Å²) < 4.78 is 6.09. The van der Waals surface area contributed by atoms with Crippen molar-refractivity contribution in [2.24, 2.45) is 0 Å². The van der Waals surface area contributed by atoms with Crippen molar-refractivity contribution < 1.29 is 19.4 Å². The van der Waals surface area contributed by atoms with Crippen LogP contribution in [-0.2, 0) is 11.3 Å². The van der Waals surface area contributed by atoms with Crippen molar-refractivity contribution in [2.45, 2.75) is 6.54 Å². The number of hydrogen-bond donors (Lipinski definition) is 1. The number of halogens is 1. The molecule has 1 aromatic heterocycles. The first-order valence-corrected chi connectivity index (χ1v) is 8.46. The van der Waals surface area contributed by atoms with E-state index in [1.165, 1.54) is 6.07 Å². The summed E-state index contributed by atoms with van der Waals surface area (Å²) in [5.41, 5.74) is -0.288. The molecule has 0 radical (unpaired) electrons. The van der Waals surface area contributed by atoms with Gasteiger partial charge >= 0.3 is 5.97 Å². The topological polar surface area (TPSA) is 98.5 Å². The first-order chi connectivity index (χ1) is 13.0. The molecule has 0 aliphatic rings. The maximum Gasteiger partial charge on any atom is 0.359 e. The largest absolute Gasteiger partial charge is 0.452 e. The van der Waals surface area contributed by atoms with E-state index in [4.69, 9.17) is 21.4 Å². The molecule has 0 aliphatic carbocycles.